The molecule has 2 N–H and O–H groups in total. The van der Waals surface area contributed by atoms with Crippen LogP contribution in [0.2, 0.25) is 0 Å². The summed E-state index contributed by atoms with van der Waals surface area (Å²) in [5.41, 5.74) is -0.346. The van der Waals surface area contributed by atoms with Gasteiger partial charge < -0.3 is 9.84 Å². The maximum atomic E-state index is 11.3. The third-order valence-corrected chi connectivity index (χ3v) is 2.47. The number of rotatable bonds is 3. The summed E-state index contributed by atoms with van der Waals surface area (Å²) in [6, 6.07) is 4.40. The van der Waals surface area contributed by atoms with Gasteiger partial charge in [0.2, 0.25) is 5.88 Å². The smallest absolute Gasteiger partial charge is 0.358 e. The topological polar surface area (TPSA) is 122 Å². The van der Waals surface area contributed by atoms with Crippen molar-refractivity contribution in [3.63, 3.8) is 0 Å². The fourth-order valence-electron chi connectivity index (χ4n) is 1.59. The molecule has 0 amide bonds. The lowest BCUT2D eigenvalue weighted by atomic mass is 10.3. The molecule has 20 heavy (non-hydrogen) atoms. The molecule has 3 aromatic rings. The van der Waals surface area contributed by atoms with Gasteiger partial charge in [-0.3, -0.25) is 0 Å². The number of carboxylic acid groups (broad SMARTS) is 1. The SMILES string of the molecule is O=C(O)c1ncccc1Oc1cc2n[nH]c(=O)n2cn1. The predicted molar refractivity (Wildman–Crippen MR) is 64.9 cm³/mol. The van der Waals surface area contributed by atoms with Gasteiger partial charge in [0, 0.05) is 12.3 Å². The maximum Gasteiger partial charge on any atom is 0.358 e. The number of carboxylic acids is 1. The van der Waals surface area contributed by atoms with Crippen molar-refractivity contribution in [3.05, 3.63) is 46.9 Å². The van der Waals surface area contributed by atoms with Crippen molar-refractivity contribution >= 4 is 11.6 Å². The first-order chi connectivity index (χ1) is 9.65. The van der Waals surface area contributed by atoms with E-state index >= 15 is 0 Å². The molecule has 3 rings (SSSR count). The second-order valence-electron chi connectivity index (χ2n) is 3.74. The molecular weight excluding hydrogens is 266 g/mol. The molecule has 0 radical (unpaired) electrons. The zero-order chi connectivity index (χ0) is 14.1. The van der Waals surface area contributed by atoms with E-state index in [1.165, 1.54) is 29.1 Å². The number of aromatic carboxylic acids is 1. The van der Waals surface area contributed by atoms with Gasteiger partial charge in [0.25, 0.3) is 0 Å². The summed E-state index contributed by atoms with van der Waals surface area (Å²) in [7, 11) is 0. The number of hydrogen-bond donors (Lipinski definition) is 2. The van der Waals surface area contributed by atoms with Gasteiger partial charge in [0.15, 0.2) is 17.1 Å². The zero-order valence-electron chi connectivity index (χ0n) is 9.85. The van der Waals surface area contributed by atoms with Crippen LogP contribution >= 0.6 is 0 Å². The Balaban J connectivity index is 2.01. The van der Waals surface area contributed by atoms with Gasteiger partial charge in [-0.15, -0.1) is 0 Å². The van der Waals surface area contributed by atoms with E-state index in [1.54, 1.807) is 6.07 Å². The van der Waals surface area contributed by atoms with Crippen LogP contribution in [0.25, 0.3) is 5.65 Å². The lowest BCUT2D eigenvalue weighted by Gasteiger charge is -2.06. The van der Waals surface area contributed by atoms with Crippen LogP contribution in [-0.2, 0) is 0 Å². The number of aromatic nitrogens is 5. The minimum absolute atomic E-state index is 0.0507. The number of hydrogen-bond acceptors (Lipinski definition) is 6. The molecule has 9 nitrogen and oxygen atoms in total. The van der Waals surface area contributed by atoms with E-state index in [4.69, 9.17) is 9.84 Å². The van der Waals surface area contributed by atoms with Gasteiger partial charge in [-0.25, -0.2) is 29.1 Å². The van der Waals surface area contributed by atoms with E-state index in [9.17, 15) is 9.59 Å². The highest BCUT2D eigenvalue weighted by molar-refractivity contribution is 5.88. The second-order valence-corrected chi connectivity index (χ2v) is 3.74. The quantitative estimate of drug-likeness (QED) is 0.703. The highest BCUT2D eigenvalue weighted by Crippen LogP contribution is 2.22. The predicted octanol–water partition coefficient (Wildman–Crippen LogP) is 0.303. The molecule has 9 heteroatoms. The van der Waals surface area contributed by atoms with Gasteiger partial charge >= 0.3 is 11.7 Å². The van der Waals surface area contributed by atoms with E-state index in [-0.39, 0.29) is 17.3 Å². The van der Waals surface area contributed by atoms with Crippen LogP contribution in [0.1, 0.15) is 10.5 Å². The Morgan fingerprint density at radius 2 is 2.25 bits per heavy atom. The number of carbonyl (C=O) groups is 1. The highest BCUT2D eigenvalue weighted by atomic mass is 16.5. The van der Waals surface area contributed by atoms with Crippen molar-refractivity contribution < 1.29 is 14.6 Å². The molecule has 0 fully saturated rings. The first-order valence-electron chi connectivity index (χ1n) is 5.44. The van der Waals surface area contributed by atoms with Crippen LogP contribution in [-0.4, -0.2) is 35.6 Å². The summed E-state index contributed by atoms with van der Waals surface area (Å²) in [6.45, 7) is 0. The molecule has 0 aliphatic rings. The molecule has 3 heterocycles. The van der Waals surface area contributed by atoms with Crippen molar-refractivity contribution in [2.45, 2.75) is 0 Å². The van der Waals surface area contributed by atoms with Crippen LogP contribution in [0.3, 0.4) is 0 Å². The average Bonchev–Trinajstić information content (AvgIpc) is 2.80. The largest absolute Gasteiger partial charge is 0.476 e. The van der Waals surface area contributed by atoms with Crippen molar-refractivity contribution in [1.29, 1.82) is 0 Å². The maximum absolute atomic E-state index is 11.3. The Bertz CT molecular complexity index is 853. The summed E-state index contributed by atoms with van der Waals surface area (Å²) in [5, 5.41) is 15.0. The molecule has 0 aliphatic carbocycles. The van der Waals surface area contributed by atoms with Gasteiger partial charge in [-0.2, -0.15) is 5.10 Å². The molecule has 0 bridgehead atoms. The summed E-state index contributed by atoms with van der Waals surface area (Å²) in [6.07, 6.45) is 2.58. The number of H-pyrrole nitrogens is 1. The lowest BCUT2D eigenvalue weighted by Crippen LogP contribution is -2.09. The molecule has 0 saturated carbocycles. The van der Waals surface area contributed by atoms with E-state index < -0.39 is 11.7 Å². The number of ether oxygens (including phenoxy) is 1. The Morgan fingerprint density at radius 1 is 1.40 bits per heavy atom. The van der Waals surface area contributed by atoms with Crippen LogP contribution in [0.5, 0.6) is 11.6 Å². The molecule has 0 atom stereocenters. The number of pyridine rings is 1. The van der Waals surface area contributed by atoms with E-state index in [1.807, 2.05) is 0 Å². The molecule has 0 saturated heterocycles. The van der Waals surface area contributed by atoms with Crippen LogP contribution in [0.15, 0.2) is 35.5 Å². The number of nitrogens with one attached hydrogen (secondary N) is 1. The Labute approximate surface area is 110 Å². The van der Waals surface area contributed by atoms with E-state index in [0.29, 0.717) is 5.65 Å². The molecule has 0 unspecified atom stereocenters. The first kappa shape index (κ1) is 11.8. The third kappa shape index (κ3) is 1.96. The number of nitrogens with zero attached hydrogens (tertiary/aromatic N) is 4. The molecule has 0 aromatic carbocycles. The van der Waals surface area contributed by atoms with Crippen molar-refractivity contribution in [2.75, 3.05) is 0 Å². The Hall–Kier alpha value is -3.23. The standard InChI is InChI=1S/C11H7N5O4/c17-10(18)9-6(2-1-3-12-9)20-8-4-7-14-15-11(19)16(7)5-13-8/h1-5H,(H,15,19)(H,17,18). The minimum atomic E-state index is -1.21. The highest BCUT2D eigenvalue weighted by Gasteiger charge is 2.14. The van der Waals surface area contributed by atoms with E-state index in [2.05, 4.69) is 20.2 Å². The lowest BCUT2D eigenvalue weighted by molar-refractivity contribution is 0.0687. The van der Waals surface area contributed by atoms with Crippen molar-refractivity contribution in [3.8, 4) is 11.6 Å². The van der Waals surface area contributed by atoms with Crippen molar-refractivity contribution in [2.24, 2.45) is 0 Å². The molecular formula is C11H7N5O4. The summed E-state index contributed by atoms with van der Waals surface area (Å²) in [4.78, 5) is 29.9. The van der Waals surface area contributed by atoms with Gasteiger partial charge in [0.05, 0.1) is 0 Å². The van der Waals surface area contributed by atoms with E-state index in [0.717, 1.165) is 0 Å². The molecule has 100 valence electrons. The molecule has 0 spiro atoms. The van der Waals surface area contributed by atoms with Crippen LogP contribution < -0.4 is 10.4 Å². The fraction of sp³-hybridized carbons (Fsp3) is 0. The Kier molecular flexibility index (Phi) is 2.64. The minimum Gasteiger partial charge on any atom is -0.476 e. The zero-order valence-corrected chi connectivity index (χ0v) is 9.85. The number of aromatic amines is 1. The van der Waals surface area contributed by atoms with Gasteiger partial charge in [0.1, 0.15) is 6.33 Å². The average molecular weight is 273 g/mol. The third-order valence-electron chi connectivity index (χ3n) is 2.47. The monoisotopic (exact) mass is 273 g/mol. The van der Waals surface area contributed by atoms with Gasteiger partial charge in [-0.05, 0) is 12.1 Å². The first-order valence-corrected chi connectivity index (χ1v) is 5.44. The van der Waals surface area contributed by atoms with Crippen LogP contribution in [0.4, 0.5) is 0 Å². The molecule has 3 aromatic heterocycles. The summed E-state index contributed by atoms with van der Waals surface area (Å²) in [5.74, 6) is -1.06. The van der Waals surface area contributed by atoms with Crippen molar-refractivity contribution in [1.82, 2.24) is 24.6 Å². The molecule has 0 aliphatic heterocycles. The number of fused-ring (bicyclic) bond motifs is 1. The fourth-order valence-corrected chi connectivity index (χ4v) is 1.59. The van der Waals surface area contributed by atoms with Crippen LogP contribution in [0, 0.1) is 0 Å². The summed E-state index contributed by atoms with van der Waals surface area (Å²) >= 11 is 0. The van der Waals surface area contributed by atoms with Gasteiger partial charge in [-0.1, -0.05) is 0 Å². The Morgan fingerprint density at radius 3 is 3.05 bits per heavy atom. The second kappa shape index (κ2) is 4.46. The normalized spacial score (nSPS) is 10.6. The summed E-state index contributed by atoms with van der Waals surface area (Å²) < 4.78 is 6.55.